The van der Waals surface area contributed by atoms with E-state index >= 15 is 0 Å². The van der Waals surface area contributed by atoms with Crippen LogP contribution in [0.25, 0.3) is 0 Å². The van der Waals surface area contributed by atoms with Gasteiger partial charge in [-0.25, -0.2) is 0 Å². The van der Waals surface area contributed by atoms with Crippen LogP contribution >= 0.6 is 0 Å². The van der Waals surface area contributed by atoms with Gasteiger partial charge in [0.2, 0.25) is 0 Å². The van der Waals surface area contributed by atoms with E-state index in [2.05, 4.69) is 17.2 Å². The van der Waals surface area contributed by atoms with Gasteiger partial charge in [0.05, 0.1) is 12.7 Å². The van der Waals surface area contributed by atoms with Crippen molar-refractivity contribution in [3.63, 3.8) is 0 Å². The SMILES string of the molecule is COCC(CNC(=O)c1cc(C)cc(C#CCO)c1)OC. The van der Waals surface area contributed by atoms with Crippen molar-refractivity contribution in [2.45, 2.75) is 13.0 Å². The van der Waals surface area contributed by atoms with Crippen LogP contribution in [0.15, 0.2) is 18.2 Å². The van der Waals surface area contributed by atoms with Crippen LogP contribution in [-0.4, -0.2) is 51.1 Å². The van der Waals surface area contributed by atoms with Crippen LogP contribution in [0.5, 0.6) is 0 Å². The van der Waals surface area contributed by atoms with Gasteiger partial charge in [0.1, 0.15) is 6.61 Å². The molecule has 0 fully saturated rings. The standard InChI is InChI=1S/C16H21NO4/c1-12-7-13(5-4-6-18)9-14(8-12)16(19)17-10-15(21-3)11-20-2/h7-9,15,18H,6,10-11H2,1-3H3,(H,17,19). The second-order valence-electron chi connectivity index (χ2n) is 4.57. The Morgan fingerprint density at radius 3 is 2.76 bits per heavy atom. The number of aryl methyl sites for hydroxylation is 1. The topological polar surface area (TPSA) is 67.8 Å². The van der Waals surface area contributed by atoms with Gasteiger partial charge in [-0.15, -0.1) is 0 Å². The van der Waals surface area contributed by atoms with Crippen molar-refractivity contribution in [3.05, 3.63) is 34.9 Å². The minimum absolute atomic E-state index is 0.183. The zero-order valence-corrected chi connectivity index (χ0v) is 12.6. The molecule has 0 saturated carbocycles. The Kier molecular flexibility index (Phi) is 7.48. The Morgan fingerprint density at radius 1 is 1.38 bits per heavy atom. The molecule has 0 aliphatic rings. The van der Waals surface area contributed by atoms with Gasteiger partial charge in [-0.3, -0.25) is 4.79 Å². The molecule has 5 nitrogen and oxygen atoms in total. The third kappa shape index (κ3) is 5.96. The van der Waals surface area contributed by atoms with Gasteiger partial charge in [-0.05, 0) is 30.7 Å². The lowest BCUT2D eigenvalue weighted by Crippen LogP contribution is -2.35. The summed E-state index contributed by atoms with van der Waals surface area (Å²) in [6.07, 6.45) is -0.183. The summed E-state index contributed by atoms with van der Waals surface area (Å²) in [4.78, 5) is 12.1. The quantitative estimate of drug-likeness (QED) is 0.758. The van der Waals surface area contributed by atoms with Crippen molar-refractivity contribution in [2.24, 2.45) is 0 Å². The van der Waals surface area contributed by atoms with Crippen LogP contribution in [0.1, 0.15) is 21.5 Å². The fraction of sp³-hybridized carbons (Fsp3) is 0.438. The van der Waals surface area contributed by atoms with Gasteiger partial charge in [0.25, 0.3) is 5.91 Å². The first-order chi connectivity index (χ1) is 10.1. The molecule has 114 valence electrons. The predicted octanol–water partition coefficient (Wildman–Crippen LogP) is 0.730. The van der Waals surface area contributed by atoms with Crippen molar-refractivity contribution in [3.8, 4) is 11.8 Å². The highest BCUT2D eigenvalue weighted by Crippen LogP contribution is 2.09. The Morgan fingerprint density at radius 2 is 2.14 bits per heavy atom. The summed E-state index contributed by atoms with van der Waals surface area (Å²) >= 11 is 0. The molecule has 0 aromatic heterocycles. The molecule has 0 heterocycles. The molecule has 21 heavy (non-hydrogen) atoms. The third-order valence-electron chi connectivity index (χ3n) is 2.83. The molecule has 1 amide bonds. The largest absolute Gasteiger partial charge is 0.384 e. The van der Waals surface area contributed by atoms with Gasteiger partial charge in [-0.2, -0.15) is 0 Å². The van der Waals surface area contributed by atoms with Crippen LogP contribution in [0.4, 0.5) is 0 Å². The van der Waals surface area contributed by atoms with Gasteiger partial charge in [-0.1, -0.05) is 11.8 Å². The lowest BCUT2D eigenvalue weighted by molar-refractivity contribution is 0.0285. The van der Waals surface area contributed by atoms with Gasteiger partial charge >= 0.3 is 0 Å². The zero-order chi connectivity index (χ0) is 15.7. The first kappa shape index (κ1) is 17.2. The van der Waals surface area contributed by atoms with Crippen LogP contribution in [-0.2, 0) is 9.47 Å². The number of amides is 1. The Bertz CT molecular complexity index is 531. The Hall–Kier alpha value is -1.87. The molecule has 1 aromatic carbocycles. The van der Waals surface area contributed by atoms with Crippen molar-refractivity contribution < 1.29 is 19.4 Å². The van der Waals surface area contributed by atoms with Crippen molar-refractivity contribution >= 4 is 5.91 Å². The molecule has 0 aliphatic carbocycles. The summed E-state index contributed by atoms with van der Waals surface area (Å²) in [6, 6.07) is 5.35. The van der Waals surface area contributed by atoms with E-state index in [0.29, 0.717) is 24.3 Å². The predicted molar refractivity (Wildman–Crippen MR) is 80.1 cm³/mol. The van der Waals surface area contributed by atoms with Crippen molar-refractivity contribution in [2.75, 3.05) is 34.0 Å². The maximum absolute atomic E-state index is 12.1. The van der Waals surface area contributed by atoms with E-state index in [1.807, 2.05) is 13.0 Å². The Balaban J connectivity index is 2.75. The summed E-state index contributed by atoms with van der Waals surface area (Å²) in [5.41, 5.74) is 2.17. The molecule has 2 N–H and O–H groups in total. The highest BCUT2D eigenvalue weighted by molar-refractivity contribution is 5.94. The number of ether oxygens (including phenoxy) is 2. The number of methoxy groups -OCH3 is 2. The van der Waals surface area contributed by atoms with E-state index in [-0.39, 0.29) is 18.6 Å². The number of hydrogen-bond donors (Lipinski definition) is 2. The van der Waals surface area contributed by atoms with Gasteiger partial charge in [0.15, 0.2) is 0 Å². The Labute approximate surface area is 125 Å². The number of aliphatic hydroxyl groups excluding tert-OH is 1. The molecule has 0 saturated heterocycles. The summed E-state index contributed by atoms with van der Waals surface area (Å²) in [5, 5.41) is 11.5. The fourth-order valence-corrected chi connectivity index (χ4v) is 1.83. The third-order valence-corrected chi connectivity index (χ3v) is 2.83. The first-order valence-electron chi connectivity index (χ1n) is 6.62. The van der Waals surface area contributed by atoms with E-state index in [0.717, 1.165) is 5.56 Å². The monoisotopic (exact) mass is 291 g/mol. The maximum atomic E-state index is 12.1. The van der Waals surface area contributed by atoms with Crippen LogP contribution in [0.2, 0.25) is 0 Å². The number of benzene rings is 1. The van der Waals surface area contributed by atoms with Gasteiger partial charge < -0.3 is 19.9 Å². The number of nitrogens with one attached hydrogen (secondary N) is 1. The number of carbonyl (C=O) groups is 1. The number of hydrogen-bond acceptors (Lipinski definition) is 4. The molecular weight excluding hydrogens is 270 g/mol. The molecule has 0 spiro atoms. The molecular formula is C16H21NO4. The lowest BCUT2D eigenvalue weighted by atomic mass is 10.1. The maximum Gasteiger partial charge on any atom is 0.251 e. The molecule has 0 radical (unpaired) electrons. The van der Waals surface area contributed by atoms with Crippen molar-refractivity contribution in [1.82, 2.24) is 5.32 Å². The van der Waals surface area contributed by atoms with E-state index in [9.17, 15) is 4.79 Å². The fourth-order valence-electron chi connectivity index (χ4n) is 1.83. The molecule has 5 heteroatoms. The summed E-state index contributed by atoms with van der Waals surface area (Å²) in [5.74, 6) is 5.18. The van der Waals surface area contributed by atoms with E-state index in [1.54, 1.807) is 26.4 Å². The van der Waals surface area contributed by atoms with Gasteiger partial charge in [0, 0.05) is 31.9 Å². The molecule has 0 aliphatic heterocycles. The highest BCUT2D eigenvalue weighted by Gasteiger charge is 2.11. The van der Waals surface area contributed by atoms with Crippen LogP contribution in [0.3, 0.4) is 0 Å². The minimum atomic E-state index is -0.206. The molecule has 0 bridgehead atoms. The summed E-state index contributed by atoms with van der Waals surface area (Å²) < 4.78 is 10.2. The first-order valence-corrected chi connectivity index (χ1v) is 6.62. The molecule has 1 aromatic rings. The number of aliphatic hydroxyl groups is 1. The zero-order valence-electron chi connectivity index (χ0n) is 12.6. The van der Waals surface area contributed by atoms with E-state index in [4.69, 9.17) is 14.6 Å². The summed E-state index contributed by atoms with van der Waals surface area (Å²) in [7, 11) is 3.16. The van der Waals surface area contributed by atoms with Crippen molar-refractivity contribution in [1.29, 1.82) is 0 Å². The second-order valence-corrected chi connectivity index (χ2v) is 4.57. The average Bonchev–Trinajstić information content (AvgIpc) is 2.48. The normalized spacial score (nSPS) is 11.4. The smallest absolute Gasteiger partial charge is 0.251 e. The molecule has 1 atom stereocenters. The number of carbonyl (C=O) groups excluding carboxylic acids is 1. The van der Waals surface area contributed by atoms with Crippen LogP contribution in [0, 0.1) is 18.8 Å². The average molecular weight is 291 g/mol. The molecule has 1 rings (SSSR count). The van der Waals surface area contributed by atoms with E-state index < -0.39 is 0 Å². The number of rotatable bonds is 6. The minimum Gasteiger partial charge on any atom is -0.384 e. The highest BCUT2D eigenvalue weighted by atomic mass is 16.5. The lowest BCUT2D eigenvalue weighted by Gasteiger charge is -2.15. The molecule has 1 unspecified atom stereocenters. The summed E-state index contributed by atoms with van der Waals surface area (Å²) in [6.45, 7) is 2.47. The second kappa shape index (κ2) is 9.14. The van der Waals surface area contributed by atoms with Crippen LogP contribution < -0.4 is 5.32 Å². The van der Waals surface area contributed by atoms with E-state index in [1.165, 1.54) is 0 Å².